The summed E-state index contributed by atoms with van der Waals surface area (Å²) in [6.07, 6.45) is 3.12. The Hall–Kier alpha value is -3.77. The van der Waals surface area contributed by atoms with Gasteiger partial charge in [0.2, 0.25) is 0 Å². The van der Waals surface area contributed by atoms with Crippen LogP contribution in [0.5, 0.6) is 0 Å². The molecule has 2 N–H and O–H groups in total. The second kappa shape index (κ2) is 14.7. The quantitative estimate of drug-likeness (QED) is 0.273. The second-order valence-corrected chi connectivity index (χ2v) is 9.02. The van der Waals surface area contributed by atoms with Crippen LogP contribution in [0.4, 0.5) is 15.8 Å². The Balaban J connectivity index is 0.000000256. The van der Waals surface area contributed by atoms with E-state index >= 15 is 0 Å². The topological polar surface area (TPSA) is 45.4 Å². The number of anilines is 2. The highest BCUT2D eigenvalue weighted by atomic mass is 32.1. The van der Waals surface area contributed by atoms with E-state index in [1.807, 2.05) is 42.4 Å². The highest BCUT2D eigenvalue weighted by molar-refractivity contribution is 7.79. The number of halogens is 1. The lowest BCUT2D eigenvalue weighted by Crippen LogP contribution is -2.32. The van der Waals surface area contributed by atoms with Gasteiger partial charge < -0.3 is 15.5 Å². The van der Waals surface area contributed by atoms with Crippen molar-refractivity contribution in [1.82, 2.24) is 4.98 Å². The summed E-state index contributed by atoms with van der Waals surface area (Å²) in [5.41, 5.74) is 13.8. The number of benzene rings is 3. The minimum atomic E-state index is -0.203. The lowest BCUT2D eigenvalue weighted by atomic mass is 10.0. The summed E-state index contributed by atoms with van der Waals surface area (Å²) >= 11 is 5.06. The molecule has 1 aromatic heterocycles. The van der Waals surface area contributed by atoms with Crippen LogP contribution >= 0.6 is 12.2 Å². The molecule has 1 heterocycles. The van der Waals surface area contributed by atoms with Crippen LogP contribution < -0.4 is 15.5 Å². The first kappa shape index (κ1) is 29.5. The highest BCUT2D eigenvalue weighted by Crippen LogP contribution is 2.20. The summed E-state index contributed by atoms with van der Waals surface area (Å²) in [5.74, 6) is -0.203. The van der Waals surface area contributed by atoms with E-state index in [-0.39, 0.29) is 5.82 Å². The van der Waals surface area contributed by atoms with Crippen molar-refractivity contribution < 1.29 is 4.39 Å². The molecule has 3 aromatic carbocycles. The number of para-hydroxylation sites is 1. The molecule has 0 saturated carbocycles. The van der Waals surface area contributed by atoms with Gasteiger partial charge in [-0.3, -0.25) is 4.98 Å². The third-order valence-electron chi connectivity index (χ3n) is 6.06. The van der Waals surface area contributed by atoms with Crippen LogP contribution in [0.3, 0.4) is 0 Å². The zero-order valence-electron chi connectivity index (χ0n) is 22.4. The molecule has 0 aliphatic carbocycles. The van der Waals surface area contributed by atoms with Crippen LogP contribution in [0.15, 0.2) is 85.7 Å². The van der Waals surface area contributed by atoms with E-state index in [9.17, 15) is 4.39 Å². The Bertz CT molecular complexity index is 1310. The number of thiocarbonyl (C=S) groups is 1. The van der Waals surface area contributed by atoms with E-state index in [0.717, 1.165) is 23.4 Å². The van der Waals surface area contributed by atoms with Crippen molar-refractivity contribution >= 4 is 40.0 Å². The molecule has 0 aliphatic rings. The van der Waals surface area contributed by atoms with Crippen LogP contribution in [0.25, 0.3) is 10.9 Å². The van der Waals surface area contributed by atoms with Gasteiger partial charge in [-0.25, -0.2) is 4.39 Å². The highest BCUT2D eigenvalue weighted by Gasteiger charge is 2.08. The fraction of sp³-hybridized carbons (Fsp3) is 0.226. The van der Waals surface area contributed by atoms with Crippen molar-refractivity contribution in [1.29, 1.82) is 0 Å². The number of pyridine rings is 1. The van der Waals surface area contributed by atoms with Gasteiger partial charge in [0, 0.05) is 43.1 Å². The Kier molecular flexibility index (Phi) is 11.7. The molecule has 4 aromatic rings. The minimum Gasteiger partial charge on any atom is -0.405 e. The van der Waals surface area contributed by atoms with Gasteiger partial charge in [-0.1, -0.05) is 43.1 Å². The fourth-order valence-electron chi connectivity index (χ4n) is 3.62. The Morgan fingerprint density at radius 1 is 0.865 bits per heavy atom. The first-order valence-electron chi connectivity index (χ1n) is 12.1. The first-order valence-corrected chi connectivity index (χ1v) is 12.6. The van der Waals surface area contributed by atoms with Gasteiger partial charge in [0.05, 0.1) is 11.0 Å². The smallest absolute Gasteiger partial charge is 0.128 e. The number of fused-ring (bicyclic) bond motifs is 1. The molecule has 0 atom stereocenters. The van der Waals surface area contributed by atoms with Crippen LogP contribution in [-0.2, 0) is 0 Å². The van der Waals surface area contributed by atoms with Crippen molar-refractivity contribution in [2.45, 2.75) is 27.7 Å². The van der Waals surface area contributed by atoms with Gasteiger partial charge >= 0.3 is 0 Å². The fourth-order valence-corrected chi connectivity index (χ4v) is 3.84. The third kappa shape index (κ3) is 8.69. The Morgan fingerprint density at radius 2 is 1.51 bits per heavy atom. The monoisotopic (exact) mass is 516 g/mol. The Labute approximate surface area is 226 Å². The number of rotatable bonds is 6. The van der Waals surface area contributed by atoms with E-state index in [1.165, 1.54) is 34.3 Å². The van der Waals surface area contributed by atoms with E-state index in [4.69, 9.17) is 12.2 Å². The number of aromatic nitrogens is 1. The predicted octanol–water partition coefficient (Wildman–Crippen LogP) is 7.28. The summed E-state index contributed by atoms with van der Waals surface area (Å²) in [4.78, 5) is 8.38. The van der Waals surface area contributed by atoms with Crippen LogP contribution in [-0.4, -0.2) is 30.6 Å². The van der Waals surface area contributed by atoms with E-state index in [0.29, 0.717) is 12.1 Å². The molecular formula is C31H37FN4S. The average molecular weight is 517 g/mol. The SMILES string of the molecule is C=CN.Cc1cc2nccc(C)c2cc1C.Cc1ccc(N(C=S)CCN(C)c2ccccc2)cc1F. The maximum absolute atomic E-state index is 13.7. The summed E-state index contributed by atoms with van der Waals surface area (Å²) in [6.45, 7) is 12.8. The zero-order valence-corrected chi connectivity index (χ0v) is 23.2. The van der Waals surface area contributed by atoms with E-state index in [1.54, 1.807) is 18.5 Å². The van der Waals surface area contributed by atoms with E-state index in [2.05, 4.69) is 73.3 Å². The van der Waals surface area contributed by atoms with Crippen LogP contribution in [0, 0.1) is 33.5 Å². The summed E-state index contributed by atoms with van der Waals surface area (Å²) < 4.78 is 13.7. The molecule has 0 fully saturated rings. The molecule has 37 heavy (non-hydrogen) atoms. The molecule has 0 bridgehead atoms. The largest absolute Gasteiger partial charge is 0.405 e. The Morgan fingerprint density at radius 3 is 2.14 bits per heavy atom. The molecule has 194 valence electrons. The molecule has 4 rings (SSSR count). The molecule has 0 radical (unpaired) electrons. The van der Waals surface area contributed by atoms with Gasteiger partial charge in [-0.15, -0.1) is 0 Å². The first-order chi connectivity index (χ1) is 17.7. The molecule has 0 saturated heterocycles. The number of aryl methyl sites for hydroxylation is 4. The standard InChI is InChI=1S/C17H19FN2S.C12H13N.C2H5N/c1-14-8-9-16(12-17(14)18)20(13-21)11-10-19(2)15-6-4-3-5-7-15;1-8-4-5-13-12-7-10(3)9(2)6-11(8)12;1-2-3/h3-9,12-13H,10-11H2,1-2H3;4-7H,1-3H3;2H,1,3H2. The van der Waals surface area contributed by atoms with Crippen LogP contribution in [0.1, 0.15) is 22.3 Å². The molecular weight excluding hydrogens is 479 g/mol. The molecule has 0 amide bonds. The number of hydrogen-bond donors (Lipinski definition) is 1. The summed E-state index contributed by atoms with van der Waals surface area (Å²) in [5, 5.41) is 1.27. The molecule has 6 heteroatoms. The number of nitrogens with two attached hydrogens (primary N) is 1. The maximum Gasteiger partial charge on any atom is 0.128 e. The maximum atomic E-state index is 13.7. The number of hydrogen-bond acceptors (Lipinski definition) is 4. The van der Waals surface area contributed by atoms with Gasteiger partial charge in [0.1, 0.15) is 5.82 Å². The lowest BCUT2D eigenvalue weighted by molar-refractivity contribution is 0.618. The van der Waals surface area contributed by atoms with Gasteiger partial charge in [-0.05, 0) is 98.6 Å². The second-order valence-electron chi connectivity index (χ2n) is 8.81. The number of nitrogens with zero attached hydrogens (tertiary/aromatic N) is 3. The minimum absolute atomic E-state index is 0.203. The molecule has 0 unspecified atom stereocenters. The predicted molar refractivity (Wildman–Crippen MR) is 162 cm³/mol. The van der Waals surface area contributed by atoms with Crippen molar-refractivity contribution in [3.63, 3.8) is 0 Å². The average Bonchev–Trinajstić information content (AvgIpc) is 2.89. The zero-order chi connectivity index (χ0) is 27.4. The van der Waals surface area contributed by atoms with Gasteiger partial charge in [-0.2, -0.15) is 0 Å². The van der Waals surface area contributed by atoms with Gasteiger partial charge in [0.25, 0.3) is 0 Å². The summed E-state index contributed by atoms with van der Waals surface area (Å²) in [7, 11) is 2.03. The van der Waals surface area contributed by atoms with Gasteiger partial charge in [0.15, 0.2) is 0 Å². The van der Waals surface area contributed by atoms with Crippen LogP contribution in [0.2, 0.25) is 0 Å². The lowest BCUT2D eigenvalue weighted by Gasteiger charge is -2.25. The number of likely N-dealkylation sites (N-methyl/N-ethyl adjacent to an activating group) is 1. The van der Waals surface area contributed by atoms with Crippen molar-refractivity contribution in [3.8, 4) is 0 Å². The van der Waals surface area contributed by atoms with E-state index < -0.39 is 0 Å². The molecule has 0 spiro atoms. The van der Waals surface area contributed by atoms with Crippen molar-refractivity contribution in [2.75, 3.05) is 29.9 Å². The van der Waals surface area contributed by atoms with Crippen molar-refractivity contribution in [2.24, 2.45) is 5.73 Å². The normalized spacial score (nSPS) is 9.89. The summed E-state index contributed by atoms with van der Waals surface area (Å²) in [6, 6.07) is 21.8. The third-order valence-corrected chi connectivity index (χ3v) is 6.32. The van der Waals surface area contributed by atoms with Crippen molar-refractivity contribution in [3.05, 3.63) is 114 Å². The molecule has 0 aliphatic heterocycles. The molecule has 4 nitrogen and oxygen atoms in total.